The Labute approximate surface area is 182 Å². The van der Waals surface area contributed by atoms with Gasteiger partial charge in [0.15, 0.2) is 0 Å². The predicted molar refractivity (Wildman–Crippen MR) is 120 cm³/mol. The lowest BCUT2D eigenvalue weighted by Gasteiger charge is -2.09. The molecule has 150 valence electrons. The average Bonchev–Trinajstić information content (AvgIpc) is 3.25. The fourth-order valence-corrected chi connectivity index (χ4v) is 3.45. The Morgan fingerprint density at radius 1 is 1.13 bits per heavy atom. The van der Waals surface area contributed by atoms with Crippen LogP contribution < -0.4 is 10.2 Å². The monoisotopic (exact) mass is 438 g/mol. The van der Waals surface area contributed by atoms with Crippen LogP contribution in [0.1, 0.15) is 16.1 Å². The van der Waals surface area contributed by atoms with Gasteiger partial charge in [0.05, 0.1) is 34.6 Å². The van der Waals surface area contributed by atoms with Gasteiger partial charge in [0.1, 0.15) is 11.4 Å². The molecule has 0 saturated carbocycles. The topological polar surface area (TPSA) is 79.4 Å². The number of halogens is 2. The van der Waals surface area contributed by atoms with Gasteiger partial charge in [0.25, 0.3) is 5.91 Å². The zero-order valence-electron chi connectivity index (χ0n) is 15.8. The number of hydrazone groups is 1. The summed E-state index contributed by atoms with van der Waals surface area (Å²) in [6.07, 6.45) is 1.43. The van der Waals surface area contributed by atoms with Crippen LogP contribution in [0.3, 0.4) is 0 Å². The van der Waals surface area contributed by atoms with Gasteiger partial charge in [-0.1, -0.05) is 65.7 Å². The zero-order valence-corrected chi connectivity index (χ0v) is 17.3. The minimum atomic E-state index is -0.442. The number of methoxy groups -OCH3 is 1. The highest BCUT2D eigenvalue weighted by Gasteiger charge is 2.16. The Hall–Kier alpha value is -3.35. The molecule has 0 saturated heterocycles. The van der Waals surface area contributed by atoms with Crippen LogP contribution in [0.5, 0.6) is 5.75 Å². The number of fused-ring (bicyclic) bond motifs is 1. The van der Waals surface area contributed by atoms with E-state index in [0.717, 1.165) is 16.3 Å². The van der Waals surface area contributed by atoms with Crippen molar-refractivity contribution >= 4 is 46.1 Å². The Morgan fingerprint density at radius 2 is 1.97 bits per heavy atom. The van der Waals surface area contributed by atoms with E-state index in [0.29, 0.717) is 27.1 Å². The molecule has 0 radical (unpaired) electrons. The quantitative estimate of drug-likeness (QED) is 0.327. The summed E-state index contributed by atoms with van der Waals surface area (Å²) in [5.41, 5.74) is 4.70. The van der Waals surface area contributed by atoms with Crippen molar-refractivity contribution in [1.82, 2.24) is 15.6 Å². The number of hydrogen-bond donors (Lipinski definition) is 2. The molecule has 6 nitrogen and oxygen atoms in total. The lowest BCUT2D eigenvalue weighted by molar-refractivity contribution is 0.0950. The van der Waals surface area contributed by atoms with Gasteiger partial charge in [-0.25, -0.2) is 5.43 Å². The predicted octanol–water partition coefficient (Wildman–Crippen LogP) is 5.31. The minimum Gasteiger partial charge on any atom is -0.496 e. The summed E-state index contributed by atoms with van der Waals surface area (Å²) in [5.74, 6) is 0.225. The molecule has 3 aromatic carbocycles. The smallest absolute Gasteiger partial charge is 0.289 e. The average molecular weight is 439 g/mol. The maximum atomic E-state index is 12.5. The van der Waals surface area contributed by atoms with E-state index >= 15 is 0 Å². The van der Waals surface area contributed by atoms with Crippen molar-refractivity contribution in [2.24, 2.45) is 5.10 Å². The molecule has 4 rings (SSSR count). The van der Waals surface area contributed by atoms with E-state index in [2.05, 4.69) is 20.7 Å². The zero-order chi connectivity index (χ0) is 21.1. The normalized spacial score (nSPS) is 11.2. The number of carbonyl (C=O) groups is 1. The summed E-state index contributed by atoms with van der Waals surface area (Å²) in [5, 5.41) is 13.8. The molecule has 0 spiro atoms. The second-order valence-corrected chi connectivity index (χ2v) is 7.16. The molecule has 2 N–H and O–H groups in total. The Kier molecular flexibility index (Phi) is 5.70. The van der Waals surface area contributed by atoms with Crippen LogP contribution in [-0.4, -0.2) is 29.4 Å². The highest BCUT2D eigenvalue weighted by Crippen LogP contribution is 2.36. The molecule has 1 amide bonds. The van der Waals surface area contributed by atoms with E-state index in [-0.39, 0.29) is 5.69 Å². The molecule has 0 atom stereocenters. The van der Waals surface area contributed by atoms with E-state index < -0.39 is 5.91 Å². The van der Waals surface area contributed by atoms with E-state index in [9.17, 15) is 4.79 Å². The largest absolute Gasteiger partial charge is 0.496 e. The molecule has 4 aromatic rings. The van der Waals surface area contributed by atoms with Crippen LogP contribution in [0.25, 0.3) is 22.0 Å². The molecule has 0 bridgehead atoms. The SMILES string of the molecule is COc1ccc2ccccc2c1-c1cc(C(=O)N/N=C\c2cccc(Cl)c2Cl)[nH]n1. The molecule has 30 heavy (non-hydrogen) atoms. The molecule has 0 aliphatic rings. The molecule has 0 aliphatic heterocycles. The van der Waals surface area contributed by atoms with Gasteiger partial charge < -0.3 is 4.74 Å². The first-order chi connectivity index (χ1) is 14.6. The van der Waals surface area contributed by atoms with Crippen molar-refractivity contribution < 1.29 is 9.53 Å². The number of nitrogens with one attached hydrogen (secondary N) is 2. The first kappa shape index (κ1) is 19.9. The third-order valence-electron chi connectivity index (χ3n) is 4.54. The molecule has 1 aromatic heterocycles. The summed E-state index contributed by atoms with van der Waals surface area (Å²) in [6.45, 7) is 0. The summed E-state index contributed by atoms with van der Waals surface area (Å²) >= 11 is 12.1. The van der Waals surface area contributed by atoms with Gasteiger partial charge in [-0.15, -0.1) is 0 Å². The number of amides is 1. The number of aromatic nitrogens is 2. The first-order valence-corrected chi connectivity index (χ1v) is 9.73. The minimum absolute atomic E-state index is 0.259. The number of ether oxygens (including phenoxy) is 1. The molecule has 0 aliphatic carbocycles. The second-order valence-electron chi connectivity index (χ2n) is 6.37. The van der Waals surface area contributed by atoms with Crippen molar-refractivity contribution in [3.63, 3.8) is 0 Å². The van der Waals surface area contributed by atoms with Crippen LogP contribution in [0.15, 0.2) is 65.8 Å². The molecule has 8 heteroatoms. The number of hydrogen-bond acceptors (Lipinski definition) is 4. The lowest BCUT2D eigenvalue weighted by atomic mass is 10.0. The number of H-pyrrole nitrogens is 1. The van der Waals surface area contributed by atoms with Gasteiger partial charge >= 0.3 is 0 Å². The molecular formula is C22H16Cl2N4O2. The Morgan fingerprint density at radius 3 is 2.80 bits per heavy atom. The van der Waals surface area contributed by atoms with Crippen molar-refractivity contribution in [3.8, 4) is 17.0 Å². The van der Waals surface area contributed by atoms with Gasteiger partial charge in [-0.2, -0.15) is 10.2 Å². The lowest BCUT2D eigenvalue weighted by Crippen LogP contribution is -2.18. The summed E-state index contributed by atoms with van der Waals surface area (Å²) in [4.78, 5) is 12.5. The van der Waals surface area contributed by atoms with Crippen molar-refractivity contribution in [2.75, 3.05) is 7.11 Å². The fourth-order valence-electron chi connectivity index (χ4n) is 3.09. The maximum absolute atomic E-state index is 12.5. The third-order valence-corrected chi connectivity index (χ3v) is 5.37. The van der Waals surface area contributed by atoms with Crippen molar-refractivity contribution in [3.05, 3.63) is 82.0 Å². The van der Waals surface area contributed by atoms with Crippen LogP contribution in [0.2, 0.25) is 10.0 Å². The Balaban J connectivity index is 1.59. The summed E-state index contributed by atoms with van der Waals surface area (Å²) in [6, 6.07) is 18.6. The molecule has 1 heterocycles. The number of benzene rings is 3. The standard InChI is InChI=1S/C22H16Cl2N4O2/c1-30-19-10-9-13-5-2-3-7-15(13)20(19)17-11-18(27-26-17)22(29)28-25-12-14-6-4-8-16(23)21(14)24/h2-12H,1H3,(H,26,27)(H,28,29)/b25-12-. The van der Waals surface area contributed by atoms with Crippen LogP contribution >= 0.6 is 23.2 Å². The third kappa shape index (κ3) is 3.87. The highest BCUT2D eigenvalue weighted by molar-refractivity contribution is 6.43. The number of nitrogens with zero attached hydrogens (tertiary/aromatic N) is 2. The number of rotatable bonds is 5. The number of carbonyl (C=O) groups excluding carboxylic acids is 1. The second kappa shape index (κ2) is 8.57. The van der Waals surface area contributed by atoms with Gasteiger partial charge in [-0.3, -0.25) is 9.89 Å². The van der Waals surface area contributed by atoms with Gasteiger partial charge in [0.2, 0.25) is 0 Å². The Bertz CT molecular complexity index is 1270. The van der Waals surface area contributed by atoms with Crippen molar-refractivity contribution in [1.29, 1.82) is 0 Å². The van der Waals surface area contributed by atoms with E-state index in [4.69, 9.17) is 27.9 Å². The van der Waals surface area contributed by atoms with Crippen LogP contribution in [-0.2, 0) is 0 Å². The van der Waals surface area contributed by atoms with E-state index in [1.165, 1.54) is 6.21 Å². The van der Waals surface area contributed by atoms with Gasteiger partial charge in [0, 0.05) is 5.56 Å². The highest BCUT2D eigenvalue weighted by atomic mass is 35.5. The van der Waals surface area contributed by atoms with Crippen LogP contribution in [0, 0.1) is 0 Å². The van der Waals surface area contributed by atoms with E-state index in [1.807, 2.05) is 36.4 Å². The molecule has 0 fully saturated rings. The molecule has 0 unspecified atom stereocenters. The first-order valence-electron chi connectivity index (χ1n) is 8.97. The fraction of sp³-hybridized carbons (Fsp3) is 0.0455. The van der Waals surface area contributed by atoms with Crippen LogP contribution in [0.4, 0.5) is 0 Å². The van der Waals surface area contributed by atoms with E-state index in [1.54, 1.807) is 31.4 Å². The molecular weight excluding hydrogens is 423 g/mol. The summed E-state index contributed by atoms with van der Waals surface area (Å²) in [7, 11) is 1.60. The number of aromatic amines is 1. The van der Waals surface area contributed by atoms with Gasteiger partial charge in [-0.05, 0) is 29.0 Å². The summed E-state index contributed by atoms with van der Waals surface area (Å²) < 4.78 is 5.51. The maximum Gasteiger partial charge on any atom is 0.289 e. The van der Waals surface area contributed by atoms with Crippen molar-refractivity contribution in [2.45, 2.75) is 0 Å².